The summed E-state index contributed by atoms with van der Waals surface area (Å²) in [5.74, 6) is 1.02. The molecule has 0 aliphatic carbocycles. The van der Waals surface area contributed by atoms with E-state index in [9.17, 15) is 4.79 Å². The molecule has 3 heterocycles. The summed E-state index contributed by atoms with van der Waals surface area (Å²) in [7, 11) is 0. The zero-order valence-electron chi connectivity index (χ0n) is 16.5. The maximum Gasteiger partial charge on any atom is 0.317 e. The molecule has 0 saturated carbocycles. The third kappa shape index (κ3) is 4.90. The van der Waals surface area contributed by atoms with Gasteiger partial charge >= 0.3 is 6.03 Å². The van der Waals surface area contributed by atoms with Crippen molar-refractivity contribution in [3.05, 3.63) is 66.0 Å². The second-order valence-corrected chi connectivity index (χ2v) is 8.11. The van der Waals surface area contributed by atoms with E-state index in [1.54, 1.807) is 0 Å². The van der Waals surface area contributed by atoms with Gasteiger partial charge in [0.2, 0.25) is 0 Å². The number of amides is 2. The summed E-state index contributed by atoms with van der Waals surface area (Å²) in [6.07, 6.45) is 7.18. The first kappa shape index (κ1) is 18.9. The third-order valence-corrected chi connectivity index (χ3v) is 6.05. The predicted molar refractivity (Wildman–Crippen MR) is 111 cm³/mol. The Hall–Kier alpha value is -2.40. The number of pyridine rings is 1. The zero-order valence-corrected chi connectivity index (χ0v) is 16.5. The second-order valence-electron chi connectivity index (χ2n) is 8.11. The average Bonchev–Trinajstić information content (AvgIpc) is 2.72. The highest BCUT2D eigenvalue weighted by molar-refractivity contribution is 5.75. The van der Waals surface area contributed by atoms with E-state index >= 15 is 0 Å². The first-order valence-corrected chi connectivity index (χ1v) is 10.5. The van der Waals surface area contributed by atoms with Crippen molar-refractivity contribution < 1.29 is 4.79 Å². The number of aromatic nitrogens is 1. The van der Waals surface area contributed by atoms with E-state index in [0.29, 0.717) is 11.8 Å². The standard InChI is InChI=1S/C23H30N4O/c28-23(27-17-22(18-27)21-8-11-24-12-9-21)25-15-20-7-4-13-26(16-20)14-10-19-5-2-1-3-6-19/h1-3,5-6,8-9,11-12,20,22H,4,7,10,13-18H2,(H,25,28)/t20-/m1/s1. The summed E-state index contributed by atoms with van der Waals surface area (Å²) in [5.41, 5.74) is 2.68. The smallest absolute Gasteiger partial charge is 0.317 e. The van der Waals surface area contributed by atoms with E-state index in [4.69, 9.17) is 0 Å². The zero-order chi connectivity index (χ0) is 19.2. The summed E-state index contributed by atoms with van der Waals surface area (Å²) in [6.45, 7) is 5.78. The van der Waals surface area contributed by atoms with Gasteiger partial charge in [0.05, 0.1) is 0 Å². The molecule has 1 atom stereocenters. The topological polar surface area (TPSA) is 48.5 Å². The molecule has 2 aromatic rings. The Balaban J connectivity index is 1.16. The van der Waals surface area contributed by atoms with Crippen LogP contribution in [0.3, 0.4) is 0 Å². The van der Waals surface area contributed by atoms with Gasteiger partial charge in [-0.2, -0.15) is 0 Å². The summed E-state index contributed by atoms with van der Waals surface area (Å²) < 4.78 is 0. The lowest BCUT2D eigenvalue weighted by Gasteiger charge is -2.40. The van der Waals surface area contributed by atoms with Crippen molar-refractivity contribution in [1.29, 1.82) is 0 Å². The van der Waals surface area contributed by atoms with Crippen LogP contribution >= 0.6 is 0 Å². The van der Waals surface area contributed by atoms with E-state index in [2.05, 4.69) is 45.5 Å². The number of hydrogen-bond acceptors (Lipinski definition) is 3. The molecule has 2 aliphatic heterocycles. The van der Waals surface area contributed by atoms with E-state index in [1.807, 2.05) is 29.4 Å². The van der Waals surface area contributed by atoms with Crippen molar-refractivity contribution in [3.63, 3.8) is 0 Å². The molecule has 2 saturated heterocycles. The molecule has 5 heteroatoms. The van der Waals surface area contributed by atoms with E-state index in [-0.39, 0.29) is 6.03 Å². The minimum atomic E-state index is 0.0896. The number of nitrogens with zero attached hydrogens (tertiary/aromatic N) is 3. The van der Waals surface area contributed by atoms with Crippen LogP contribution in [0, 0.1) is 5.92 Å². The normalized spacial score (nSPS) is 20.6. The number of likely N-dealkylation sites (tertiary alicyclic amines) is 2. The Morgan fingerprint density at radius 2 is 1.86 bits per heavy atom. The van der Waals surface area contributed by atoms with Gasteiger partial charge in [0.15, 0.2) is 0 Å². The predicted octanol–water partition coefficient (Wildman–Crippen LogP) is 3.15. The van der Waals surface area contributed by atoms with Gasteiger partial charge in [-0.05, 0) is 55.0 Å². The highest BCUT2D eigenvalue weighted by atomic mass is 16.2. The average molecular weight is 379 g/mol. The van der Waals surface area contributed by atoms with E-state index in [0.717, 1.165) is 39.1 Å². The van der Waals surface area contributed by atoms with Crippen molar-refractivity contribution in [2.45, 2.75) is 25.2 Å². The fraction of sp³-hybridized carbons (Fsp3) is 0.478. The molecule has 1 N–H and O–H groups in total. The number of carbonyl (C=O) groups excluding carboxylic acids is 1. The molecule has 28 heavy (non-hydrogen) atoms. The lowest BCUT2D eigenvalue weighted by atomic mass is 9.92. The number of piperidine rings is 1. The van der Waals surface area contributed by atoms with E-state index in [1.165, 1.54) is 30.5 Å². The van der Waals surface area contributed by atoms with Gasteiger partial charge in [-0.15, -0.1) is 0 Å². The van der Waals surface area contributed by atoms with Crippen LogP contribution in [0.2, 0.25) is 0 Å². The first-order valence-electron chi connectivity index (χ1n) is 10.5. The number of nitrogens with one attached hydrogen (secondary N) is 1. The molecule has 2 fully saturated rings. The molecule has 0 unspecified atom stereocenters. The van der Waals surface area contributed by atoms with Gasteiger partial charge < -0.3 is 15.1 Å². The van der Waals surface area contributed by atoms with Crippen LogP contribution in [-0.2, 0) is 6.42 Å². The Kier molecular flexibility index (Phi) is 6.22. The molecule has 4 rings (SSSR count). The number of hydrogen-bond donors (Lipinski definition) is 1. The van der Waals surface area contributed by atoms with Crippen LogP contribution in [0.25, 0.3) is 0 Å². The number of rotatable bonds is 6. The number of urea groups is 1. The molecule has 2 amide bonds. The maximum atomic E-state index is 12.4. The Morgan fingerprint density at radius 1 is 1.07 bits per heavy atom. The molecule has 0 bridgehead atoms. The quantitative estimate of drug-likeness (QED) is 0.840. The molecule has 0 spiro atoms. The van der Waals surface area contributed by atoms with Crippen LogP contribution in [0.15, 0.2) is 54.9 Å². The van der Waals surface area contributed by atoms with Crippen molar-refractivity contribution in [2.75, 3.05) is 39.3 Å². The monoisotopic (exact) mass is 378 g/mol. The largest absolute Gasteiger partial charge is 0.338 e. The van der Waals surface area contributed by atoms with Crippen LogP contribution in [0.5, 0.6) is 0 Å². The summed E-state index contributed by atoms with van der Waals surface area (Å²) in [4.78, 5) is 21.0. The van der Waals surface area contributed by atoms with Gasteiger partial charge in [-0.25, -0.2) is 4.79 Å². The van der Waals surface area contributed by atoms with Gasteiger partial charge in [0.1, 0.15) is 0 Å². The minimum Gasteiger partial charge on any atom is -0.338 e. The van der Waals surface area contributed by atoms with E-state index < -0.39 is 0 Å². The van der Waals surface area contributed by atoms with Gasteiger partial charge in [0.25, 0.3) is 0 Å². The fourth-order valence-electron chi connectivity index (χ4n) is 4.29. The van der Waals surface area contributed by atoms with Crippen LogP contribution in [0.1, 0.15) is 29.9 Å². The fourth-order valence-corrected chi connectivity index (χ4v) is 4.29. The van der Waals surface area contributed by atoms with Gasteiger partial charge in [0, 0.05) is 51.0 Å². The lowest BCUT2D eigenvalue weighted by molar-refractivity contribution is 0.142. The molecule has 1 aromatic heterocycles. The maximum absolute atomic E-state index is 12.4. The van der Waals surface area contributed by atoms with Crippen molar-refractivity contribution >= 4 is 6.03 Å². The molecule has 0 radical (unpaired) electrons. The Morgan fingerprint density at radius 3 is 2.64 bits per heavy atom. The SMILES string of the molecule is O=C(NC[C@H]1CCCN(CCc2ccccc2)C1)N1CC(c2ccncc2)C1. The molecular formula is C23H30N4O. The van der Waals surface area contributed by atoms with Crippen LogP contribution in [0.4, 0.5) is 4.79 Å². The lowest BCUT2D eigenvalue weighted by Crippen LogP contribution is -2.53. The van der Waals surface area contributed by atoms with Crippen molar-refractivity contribution in [2.24, 2.45) is 5.92 Å². The Bertz CT molecular complexity index is 746. The summed E-state index contributed by atoms with van der Waals surface area (Å²) in [6, 6.07) is 14.9. The van der Waals surface area contributed by atoms with Crippen molar-refractivity contribution in [1.82, 2.24) is 20.1 Å². The van der Waals surface area contributed by atoms with Crippen molar-refractivity contribution in [3.8, 4) is 0 Å². The Labute approximate surface area is 167 Å². The first-order chi connectivity index (χ1) is 13.8. The molecule has 1 aromatic carbocycles. The van der Waals surface area contributed by atoms with Crippen LogP contribution < -0.4 is 5.32 Å². The molecule has 2 aliphatic rings. The molecular weight excluding hydrogens is 348 g/mol. The molecule has 148 valence electrons. The highest BCUT2D eigenvalue weighted by Crippen LogP contribution is 2.26. The van der Waals surface area contributed by atoms with Gasteiger partial charge in [-0.1, -0.05) is 30.3 Å². The minimum absolute atomic E-state index is 0.0896. The highest BCUT2D eigenvalue weighted by Gasteiger charge is 2.32. The third-order valence-electron chi connectivity index (χ3n) is 6.05. The number of carbonyl (C=O) groups is 1. The van der Waals surface area contributed by atoms with Crippen LogP contribution in [-0.4, -0.2) is 60.1 Å². The second kappa shape index (κ2) is 9.20. The number of benzene rings is 1. The summed E-state index contributed by atoms with van der Waals surface area (Å²) >= 11 is 0. The van der Waals surface area contributed by atoms with Gasteiger partial charge in [-0.3, -0.25) is 4.98 Å². The molecule has 5 nitrogen and oxygen atoms in total. The summed E-state index contributed by atoms with van der Waals surface area (Å²) in [5, 5.41) is 3.17.